The van der Waals surface area contributed by atoms with Crippen molar-refractivity contribution in [2.24, 2.45) is 0 Å². The van der Waals surface area contributed by atoms with E-state index in [2.05, 4.69) is 11.9 Å². The van der Waals surface area contributed by atoms with Crippen LogP contribution in [0.5, 0.6) is 23.0 Å². The smallest absolute Gasteiger partial charge is 0.157 e. The molecule has 0 fully saturated rings. The van der Waals surface area contributed by atoms with Gasteiger partial charge in [0.1, 0.15) is 24.7 Å². The summed E-state index contributed by atoms with van der Waals surface area (Å²) < 4.78 is 11.3. The Morgan fingerprint density at radius 2 is 1.75 bits per heavy atom. The molecule has 1 aliphatic heterocycles. The van der Waals surface area contributed by atoms with Gasteiger partial charge in [-0.15, -0.1) is 0 Å². The average molecular weight is 327 g/mol. The number of nitrogens with one attached hydrogen (secondary N) is 1. The zero-order valence-corrected chi connectivity index (χ0v) is 13.4. The molecule has 0 radical (unpaired) electrons. The Bertz CT molecular complexity index is 712. The Morgan fingerprint density at radius 3 is 2.46 bits per heavy atom. The molecule has 0 bridgehead atoms. The molecule has 1 heterocycles. The lowest BCUT2D eigenvalue weighted by atomic mass is 9.94. The van der Waals surface area contributed by atoms with E-state index >= 15 is 0 Å². The van der Waals surface area contributed by atoms with Crippen molar-refractivity contribution in [1.82, 2.24) is 5.32 Å². The predicted octanol–water partition coefficient (Wildman–Crippen LogP) is 2.93. The molecule has 0 amide bonds. The number of fused-ring (bicyclic) bond motifs is 1. The predicted molar refractivity (Wildman–Crippen MR) is 91.8 cm³/mol. The first kappa shape index (κ1) is 16.2. The molecule has 1 unspecified atom stereocenters. The summed E-state index contributed by atoms with van der Waals surface area (Å²) in [6.07, 6.45) is 2.51. The van der Waals surface area contributed by atoms with Crippen LogP contribution in [0.15, 0.2) is 49.1 Å². The topological polar surface area (TPSA) is 71.0 Å². The first-order chi connectivity index (χ1) is 11.7. The van der Waals surface area contributed by atoms with Crippen LogP contribution in [0.4, 0.5) is 0 Å². The second kappa shape index (κ2) is 7.27. The third-order valence-electron chi connectivity index (χ3n) is 4.01. The van der Waals surface area contributed by atoms with Crippen LogP contribution in [-0.2, 0) is 6.42 Å². The van der Waals surface area contributed by atoms with Crippen LogP contribution in [0.2, 0.25) is 0 Å². The Hall–Kier alpha value is -2.66. The van der Waals surface area contributed by atoms with Gasteiger partial charge >= 0.3 is 0 Å². The Morgan fingerprint density at radius 1 is 1.08 bits per heavy atom. The lowest BCUT2D eigenvalue weighted by Crippen LogP contribution is -2.33. The highest BCUT2D eigenvalue weighted by atomic mass is 16.5. The van der Waals surface area contributed by atoms with Gasteiger partial charge in [-0.3, -0.25) is 0 Å². The van der Waals surface area contributed by atoms with E-state index in [9.17, 15) is 10.2 Å². The SMILES string of the molecule is C=CCOc1ccc(OCC2NCCc3cc(O)c(O)cc32)cc1. The van der Waals surface area contributed by atoms with Crippen LogP contribution in [-0.4, -0.2) is 30.0 Å². The van der Waals surface area contributed by atoms with E-state index in [1.54, 1.807) is 18.2 Å². The number of hydrogen-bond acceptors (Lipinski definition) is 5. The third-order valence-corrected chi connectivity index (χ3v) is 4.01. The van der Waals surface area contributed by atoms with Gasteiger partial charge < -0.3 is 25.0 Å². The average Bonchev–Trinajstić information content (AvgIpc) is 2.60. The van der Waals surface area contributed by atoms with E-state index in [-0.39, 0.29) is 17.5 Å². The van der Waals surface area contributed by atoms with E-state index in [0.29, 0.717) is 13.2 Å². The molecule has 0 spiro atoms. The van der Waals surface area contributed by atoms with E-state index in [4.69, 9.17) is 9.47 Å². The van der Waals surface area contributed by atoms with Crippen molar-refractivity contribution in [3.63, 3.8) is 0 Å². The monoisotopic (exact) mass is 327 g/mol. The molecule has 1 aliphatic rings. The van der Waals surface area contributed by atoms with Gasteiger partial charge in [-0.2, -0.15) is 0 Å². The fraction of sp³-hybridized carbons (Fsp3) is 0.263. The van der Waals surface area contributed by atoms with E-state index < -0.39 is 0 Å². The lowest BCUT2D eigenvalue weighted by Gasteiger charge is -2.27. The van der Waals surface area contributed by atoms with Crippen molar-refractivity contribution in [2.45, 2.75) is 12.5 Å². The largest absolute Gasteiger partial charge is 0.504 e. The molecule has 1 atom stereocenters. The molecule has 3 rings (SSSR count). The van der Waals surface area contributed by atoms with E-state index in [1.165, 1.54) is 0 Å². The Kier molecular flexibility index (Phi) is 4.91. The number of ether oxygens (including phenoxy) is 2. The van der Waals surface area contributed by atoms with Crippen molar-refractivity contribution in [3.05, 3.63) is 60.2 Å². The van der Waals surface area contributed by atoms with Gasteiger partial charge in [0.2, 0.25) is 0 Å². The van der Waals surface area contributed by atoms with Gasteiger partial charge in [0.15, 0.2) is 11.5 Å². The van der Waals surface area contributed by atoms with Crippen molar-refractivity contribution in [2.75, 3.05) is 19.8 Å². The van der Waals surface area contributed by atoms with Crippen LogP contribution in [0.1, 0.15) is 17.2 Å². The zero-order chi connectivity index (χ0) is 16.9. The lowest BCUT2D eigenvalue weighted by molar-refractivity contribution is 0.260. The normalized spacial score (nSPS) is 16.2. The highest BCUT2D eigenvalue weighted by Crippen LogP contribution is 2.34. The fourth-order valence-electron chi connectivity index (χ4n) is 2.78. The molecule has 0 saturated carbocycles. The van der Waals surface area contributed by atoms with Crippen molar-refractivity contribution >= 4 is 0 Å². The standard InChI is InChI=1S/C19H21NO4/c1-2-9-23-14-3-5-15(6-4-14)24-12-17-16-11-19(22)18(21)10-13(16)7-8-20-17/h2-6,10-11,17,20-22H,1,7-9,12H2. The second-order valence-corrected chi connectivity index (χ2v) is 5.68. The molecule has 126 valence electrons. The molecule has 2 aromatic carbocycles. The molecule has 5 nitrogen and oxygen atoms in total. The molecular formula is C19H21NO4. The highest BCUT2D eigenvalue weighted by Gasteiger charge is 2.22. The maximum atomic E-state index is 9.74. The van der Waals surface area contributed by atoms with Gasteiger partial charge in [-0.25, -0.2) is 0 Å². The summed E-state index contributed by atoms with van der Waals surface area (Å²) in [7, 11) is 0. The minimum absolute atomic E-state index is 0.0306. The Labute approximate surface area is 141 Å². The number of phenolic OH excluding ortho intramolecular Hbond substituents is 2. The third kappa shape index (κ3) is 3.63. The van der Waals surface area contributed by atoms with Gasteiger partial charge in [0.25, 0.3) is 0 Å². The summed E-state index contributed by atoms with van der Waals surface area (Å²) >= 11 is 0. The first-order valence-corrected chi connectivity index (χ1v) is 7.92. The van der Waals surface area contributed by atoms with Crippen LogP contribution < -0.4 is 14.8 Å². The van der Waals surface area contributed by atoms with E-state index in [0.717, 1.165) is 35.6 Å². The molecule has 2 aromatic rings. The van der Waals surface area contributed by atoms with Crippen LogP contribution in [0, 0.1) is 0 Å². The van der Waals surface area contributed by atoms with Gasteiger partial charge in [0.05, 0.1) is 6.04 Å². The van der Waals surface area contributed by atoms with Gasteiger partial charge in [0, 0.05) is 0 Å². The summed E-state index contributed by atoms with van der Waals surface area (Å²) in [5, 5.41) is 22.8. The summed E-state index contributed by atoms with van der Waals surface area (Å²) in [5.74, 6) is 1.33. The van der Waals surface area contributed by atoms with Crippen LogP contribution >= 0.6 is 0 Å². The maximum Gasteiger partial charge on any atom is 0.157 e. The number of phenols is 2. The molecule has 0 aromatic heterocycles. The second-order valence-electron chi connectivity index (χ2n) is 5.68. The minimum atomic E-state index is -0.105. The molecule has 5 heteroatoms. The fourth-order valence-corrected chi connectivity index (χ4v) is 2.78. The zero-order valence-electron chi connectivity index (χ0n) is 13.4. The van der Waals surface area contributed by atoms with Crippen molar-refractivity contribution < 1.29 is 19.7 Å². The summed E-state index contributed by atoms with van der Waals surface area (Å²) in [5.41, 5.74) is 1.99. The quantitative estimate of drug-likeness (QED) is 0.562. The highest BCUT2D eigenvalue weighted by molar-refractivity contribution is 5.47. The molecule has 24 heavy (non-hydrogen) atoms. The number of hydrogen-bond donors (Lipinski definition) is 3. The van der Waals surface area contributed by atoms with E-state index in [1.807, 2.05) is 24.3 Å². The Balaban J connectivity index is 1.65. The number of rotatable bonds is 6. The summed E-state index contributed by atoms with van der Waals surface area (Å²) in [6, 6.07) is 10.6. The molecule has 0 aliphatic carbocycles. The van der Waals surface area contributed by atoms with Gasteiger partial charge in [-0.05, 0) is 60.5 Å². The van der Waals surface area contributed by atoms with Crippen molar-refractivity contribution in [3.8, 4) is 23.0 Å². The van der Waals surface area contributed by atoms with Crippen molar-refractivity contribution in [1.29, 1.82) is 0 Å². The molecule has 0 saturated heterocycles. The summed E-state index contributed by atoms with van der Waals surface area (Å²) in [6.45, 7) is 5.33. The van der Waals surface area contributed by atoms with Crippen LogP contribution in [0.3, 0.4) is 0 Å². The molecular weight excluding hydrogens is 306 g/mol. The summed E-state index contributed by atoms with van der Waals surface area (Å²) in [4.78, 5) is 0. The van der Waals surface area contributed by atoms with Crippen LogP contribution in [0.25, 0.3) is 0 Å². The minimum Gasteiger partial charge on any atom is -0.504 e. The first-order valence-electron chi connectivity index (χ1n) is 7.92. The number of benzene rings is 2. The number of aromatic hydroxyl groups is 2. The molecule has 3 N–H and O–H groups in total. The maximum absolute atomic E-state index is 9.74. The van der Waals surface area contributed by atoms with Gasteiger partial charge in [-0.1, -0.05) is 12.7 Å².